The zero-order valence-electron chi connectivity index (χ0n) is 7.55. The van der Waals surface area contributed by atoms with Gasteiger partial charge in [0.25, 0.3) is 0 Å². The van der Waals surface area contributed by atoms with Gasteiger partial charge >= 0.3 is 0 Å². The lowest BCUT2D eigenvalue weighted by Crippen LogP contribution is -2.09. The minimum absolute atomic E-state index is 0.572. The predicted octanol–water partition coefficient (Wildman–Crippen LogP) is 3.05. The number of nitrogens with zero attached hydrogens (tertiary/aromatic N) is 1. The van der Waals surface area contributed by atoms with E-state index in [0.717, 1.165) is 5.92 Å². The smallest absolute Gasteiger partial charge is 0.0492 e. The Kier molecular flexibility index (Phi) is 3.61. The minimum Gasteiger partial charge on any atom is -0.298 e. The predicted molar refractivity (Wildman–Crippen MR) is 50.2 cm³/mol. The van der Waals surface area contributed by atoms with Gasteiger partial charge in [0.1, 0.15) is 0 Å². The Hall–Kier alpha value is -0.330. The van der Waals surface area contributed by atoms with Crippen LogP contribution >= 0.6 is 0 Å². The lowest BCUT2D eigenvalue weighted by atomic mass is 9.90. The molecule has 0 heterocycles. The Morgan fingerprint density at radius 2 is 1.64 bits per heavy atom. The maximum absolute atomic E-state index is 4.12. The second-order valence-corrected chi connectivity index (χ2v) is 3.80. The summed E-state index contributed by atoms with van der Waals surface area (Å²) < 4.78 is 0. The SMILES string of the molecule is C=NC1CCCC(C)CCC1. The van der Waals surface area contributed by atoms with Crippen LogP contribution in [0.3, 0.4) is 0 Å². The van der Waals surface area contributed by atoms with Gasteiger partial charge in [0.05, 0.1) is 0 Å². The molecule has 1 heteroatoms. The van der Waals surface area contributed by atoms with Crippen LogP contribution in [0, 0.1) is 5.92 Å². The molecule has 1 saturated carbocycles. The normalized spacial score (nSPS) is 33.9. The number of hydrogen-bond donors (Lipinski definition) is 0. The van der Waals surface area contributed by atoms with E-state index in [1.807, 2.05) is 0 Å². The third-order valence-corrected chi connectivity index (χ3v) is 2.73. The lowest BCUT2D eigenvalue weighted by Gasteiger charge is -2.19. The van der Waals surface area contributed by atoms with E-state index in [4.69, 9.17) is 0 Å². The van der Waals surface area contributed by atoms with Crippen molar-refractivity contribution in [3.8, 4) is 0 Å². The van der Waals surface area contributed by atoms with Crippen molar-refractivity contribution >= 4 is 6.72 Å². The molecule has 0 saturated heterocycles. The number of rotatable bonds is 1. The summed E-state index contributed by atoms with van der Waals surface area (Å²) in [7, 11) is 0. The van der Waals surface area contributed by atoms with Crippen molar-refractivity contribution in [1.82, 2.24) is 0 Å². The van der Waals surface area contributed by atoms with Crippen molar-refractivity contribution in [2.24, 2.45) is 10.9 Å². The van der Waals surface area contributed by atoms with Gasteiger partial charge < -0.3 is 0 Å². The van der Waals surface area contributed by atoms with E-state index in [9.17, 15) is 0 Å². The minimum atomic E-state index is 0.572. The first-order valence-corrected chi connectivity index (χ1v) is 4.78. The van der Waals surface area contributed by atoms with Crippen LogP contribution in [-0.4, -0.2) is 12.8 Å². The van der Waals surface area contributed by atoms with E-state index in [2.05, 4.69) is 18.6 Å². The molecular weight excluding hydrogens is 134 g/mol. The van der Waals surface area contributed by atoms with Crippen LogP contribution in [0.25, 0.3) is 0 Å². The van der Waals surface area contributed by atoms with Gasteiger partial charge in [-0.05, 0) is 25.5 Å². The van der Waals surface area contributed by atoms with Gasteiger partial charge in [0.2, 0.25) is 0 Å². The standard InChI is InChI=1S/C10H19N/c1-9-5-3-7-10(11-2)8-4-6-9/h9-10H,2-8H2,1H3. The van der Waals surface area contributed by atoms with Gasteiger partial charge in [0, 0.05) is 6.04 Å². The molecule has 0 bridgehead atoms. The van der Waals surface area contributed by atoms with Crippen LogP contribution in [0.4, 0.5) is 0 Å². The van der Waals surface area contributed by atoms with E-state index < -0.39 is 0 Å². The molecule has 0 aliphatic heterocycles. The Labute approximate surface area is 69.9 Å². The molecule has 1 fully saturated rings. The van der Waals surface area contributed by atoms with Crippen molar-refractivity contribution in [1.29, 1.82) is 0 Å². The highest BCUT2D eigenvalue weighted by Crippen LogP contribution is 2.23. The van der Waals surface area contributed by atoms with Crippen LogP contribution in [0.5, 0.6) is 0 Å². The zero-order valence-corrected chi connectivity index (χ0v) is 7.55. The van der Waals surface area contributed by atoms with Gasteiger partial charge in [0.15, 0.2) is 0 Å². The monoisotopic (exact) mass is 153 g/mol. The summed E-state index contributed by atoms with van der Waals surface area (Å²) in [6.45, 7) is 5.99. The van der Waals surface area contributed by atoms with E-state index in [-0.39, 0.29) is 0 Å². The Morgan fingerprint density at radius 1 is 1.09 bits per heavy atom. The first kappa shape index (κ1) is 8.76. The molecule has 0 aromatic rings. The lowest BCUT2D eigenvalue weighted by molar-refractivity contribution is 0.379. The van der Waals surface area contributed by atoms with Crippen LogP contribution in [-0.2, 0) is 0 Å². The van der Waals surface area contributed by atoms with Crippen LogP contribution < -0.4 is 0 Å². The summed E-state index contributed by atoms with van der Waals surface area (Å²) in [5, 5.41) is 0. The van der Waals surface area contributed by atoms with Crippen LogP contribution in [0.1, 0.15) is 45.4 Å². The van der Waals surface area contributed by atoms with E-state index in [1.54, 1.807) is 0 Å². The molecule has 1 rings (SSSR count). The van der Waals surface area contributed by atoms with Gasteiger partial charge in [-0.25, -0.2) is 0 Å². The fourth-order valence-electron chi connectivity index (χ4n) is 1.88. The maximum Gasteiger partial charge on any atom is 0.0492 e. The second-order valence-electron chi connectivity index (χ2n) is 3.80. The van der Waals surface area contributed by atoms with Crippen molar-refractivity contribution in [3.63, 3.8) is 0 Å². The summed E-state index contributed by atoms with van der Waals surface area (Å²) in [5.74, 6) is 0.945. The summed E-state index contributed by atoms with van der Waals surface area (Å²) in [6.07, 6.45) is 8.04. The van der Waals surface area contributed by atoms with Gasteiger partial charge in [-0.3, -0.25) is 4.99 Å². The topological polar surface area (TPSA) is 12.4 Å². The van der Waals surface area contributed by atoms with Crippen molar-refractivity contribution in [2.45, 2.75) is 51.5 Å². The van der Waals surface area contributed by atoms with Crippen molar-refractivity contribution in [2.75, 3.05) is 0 Å². The third kappa shape index (κ3) is 3.04. The van der Waals surface area contributed by atoms with Gasteiger partial charge in [-0.2, -0.15) is 0 Å². The molecule has 1 aliphatic carbocycles. The first-order chi connectivity index (χ1) is 5.33. The fraction of sp³-hybridized carbons (Fsp3) is 0.900. The molecule has 0 aromatic carbocycles. The highest BCUT2D eigenvalue weighted by atomic mass is 14.7. The zero-order chi connectivity index (χ0) is 8.10. The summed E-state index contributed by atoms with van der Waals surface area (Å²) in [5.41, 5.74) is 0. The highest BCUT2D eigenvalue weighted by Gasteiger charge is 2.11. The number of hydrogen-bond acceptors (Lipinski definition) is 1. The maximum atomic E-state index is 4.12. The van der Waals surface area contributed by atoms with E-state index in [0.29, 0.717) is 6.04 Å². The highest BCUT2D eigenvalue weighted by molar-refractivity contribution is 5.24. The third-order valence-electron chi connectivity index (χ3n) is 2.73. The fourth-order valence-corrected chi connectivity index (χ4v) is 1.88. The van der Waals surface area contributed by atoms with Gasteiger partial charge in [-0.15, -0.1) is 0 Å². The molecule has 0 N–H and O–H groups in total. The molecule has 0 radical (unpaired) electrons. The average Bonchev–Trinajstić information content (AvgIpc) is 1.96. The Balaban J connectivity index is 2.28. The van der Waals surface area contributed by atoms with E-state index >= 15 is 0 Å². The van der Waals surface area contributed by atoms with Crippen LogP contribution in [0.2, 0.25) is 0 Å². The first-order valence-electron chi connectivity index (χ1n) is 4.78. The Bertz CT molecular complexity index is 110. The van der Waals surface area contributed by atoms with Crippen molar-refractivity contribution in [3.05, 3.63) is 0 Å². The molecule has 1 nitrogen and oxygen atoms in total. The largest absolute Gasteiger partial charge is 0.298 e. The molecular formula is C10H19N. The van der Waals surface area contributed by atoms with Gasteiger partial charge in [-0.1, -0.05) is 32.6 Å². The second kappa shape index (κ2) is 4.53. The van der Waals surface area contributed by atoms with Crippen molar-refractivity contribution < 1.29 is 0 Å². The molecule has 0 amide bonds. The number of aliphatic imine (C=N–C) groups is 1. The molecule has 0 atom stereocenters. The molecule has 0 spiro atoms. The molecule has 11 heavy (non-hydrogen) atoms. The average molecular weight is 153 g/mol. The quantitative estimate of drug-likeness (QED) is 0.513. The molecule has 0 unspecified atom stereocenters. The molecule has 64 valence electrons. The van der Waals surface area contributed by atoms with Crippen LogP contribution in [0.15, 0.2) is 4.99 Å². The van der Waals surface area contributed by atoms with E-state index in [1.165, 1.54) is 38.5 Å². The summed E-state index contributed by atoms with van der Waals surface area (Å²) in [6, 6.07) is 0.572. The molecule has 1 aliphatic rings. The summed E-state index contributed by atoms with van der Waals surface area (Å²) >= 11 is 0. The Morgan fingerprint density at radius 3 is 2.09 bits per heavy atom. The summed E-state index contributed by atoms with van der Waals surface area (Å²) in [4.78, 5) is 4.12. The molecule has 0 aromatic heterocycles.